The van der Waals surface area contributed by atoms with Crippen molar-refractivity contribution >= 4 is 11.9 Å². The molecule has 0 aliphatic rings. The Kier molecular flexibility index (Phi) is 9.31. The van der Waals surface area contributed by atoms with Gasteiger partial charge in [-0.2, -0.15) is 0 Å². The van der Waals surface area contributed by atoms with Crippen LogP contribution in [0.3, 0.4) is 0 Å². The Morgan fingerprint density at radius 3 is 1.88 bits per heavy atom. The van der Waals surface area contributed by atoms with Crippen molar-refractivity contribution in [1.82, 2.24) is 0 Å². The summed E-state index contributed by atoms with van der Waals surface area (Å²) in [6.45, 7) is 1.72. The molecule has 0 aliphatic heterocycles. The number of ether oxygens (including phenoxy) is 3. The van der Waals surface area contributed by atoms with E-state index in [0.29, 0.717) is 26.4 Å². The first-order chi connectivity index (χ1) is 8.09. The van der Waals surface area contributed by atoms with Gasteiger partial charge in [0.2, 0.25) is 0 Å². The van der Waals surface area contributed by atoms with Gasteiger partial charge in [-0.1, -0.05) is 0 Å². The van der Waals surface area contributed by atoms with Crippen LogP contribution >= 0.6 is 0 Å². The zero-order chi connectivity index (χ0) is 13.1. The maximum Gasteiger partial charge on any atom is 0.317 e. The molecule has 0 aromatic heterocycles. The lowest BCUT2D eigenvalue weighted by Gasteiger charge is -2.08. The molecule has 7 heteroatoms. The van der Waals surface area contributed by atoms with Crippen LogP contribution in [0.4, 0.5) is 0 Å². The molecule has 0 bridgehead atoms. The van der Waals surface area contributed by atoms with Gasteiger partial charge in [-0.3, -0.25) is 9.59 Å². The van der Waals surface area contributed by atoms with Gasteiger partial charge in [-0.05, 0) is 6.42 Å². The highest BCUT2D eigenvalue weighted by Crippen LogP contribution is 2.03. The average molecular weight is 250 g/mol. The fourth-order valence-electron chi connectivity index (χ4n) is 1.02. The summed E-state index contributed by atoms with van der Waals surface area (Å²) in [5.41, 5.74) is 0. The lowest BCUT2D eigenvalue weighted by Crippen LogP contribution is -2.25. The molecule has 0 amide bonds. The van der Waals surface area contributed by atoms with Crippen LogP contribution in [0.2, 0.25) is 0 Å². The second-order valence-electron chi connectivity index (χ2n) is 3.24. The smallest absolute Gasteiger partial charge is 0.317 e. The van der Waals surface area contributed by atoms with Crippen LogP contribution in [-0.2, 0) is 23.8 Å². The fraction of sp³-hybridized carbons (Fsp3) is 0.800. The van der Waals surface area contributed by atoms with E-state index in [2.05, 4.69) is 0 Å². The van der Waals surface area contributed by atoms with Crippen LogP contribution in [-0.4, -0.2) is 62.3 Å². The average Bonchev–Trinajstić information content (AvgIpc) is 2.26. The first kappa shape index (κ1) is 15.8. The first-order valence-corrected chi connectivity index (χ1v) is 5.19. The molecule has 2 N–H and O–H groups in total. The van der Waals surface area contributed by atoms with Crippen molar-refractivity contribution in [2.45, 2.75) is 6.42 Å². The van der Waals surface area contributed by atoms with Crippen molar-refractivity contribution in [2.75, 3.05) is 40.1 Å². The lowest BCUT2D eigenvalue weighted by atomic mass is 10.1. The molecule has 0 heterocycles. The summed E-state index contributed by atoms with van der Waals surface area (Å²) in [6.07, 6.45) is -0.0528. The SMILES string of the molecule is COCCOCCOCCC(C(=O)O)C(=O)O. The van der Waals surface area contributed by atoms with Crippen LogP contribution in [0.25, 0.3) is 0 Å². The van der Waals surface area contributed by atoms with Crippen molar-refractivity contribution in [3.63, 3.8) is 0 Å². The minimum atomic E-state index is -1.41. The Hall–Kier alpha value is -1.18. The summed E-state index contributed by atoms with van der Waals surface area (Å²) < 4.78 is 14.9. The Morgan fingerprint density at radius 1 is 0.941 bits per heavy atom. The van der Waals surface area contributed by atoms with E-state index in [-0.39, 0.29) is 13.0 Å². The van der Waals surface area contributed by atoms with Crippen LogP contribution in [0.5, 0.6) is 0 Å². The normalized spacial score (nSPS) is 10.7. The van der Waals surface area contributed by atoms with E-state index >= 15 is 0 Å². The highest BCUT2D eigenvalue weighted by atomic mass is 16.5. The third kappa shape index (κ3) is 8.61. The summed E-state index contributed by atoms with van der Waals surface area (Å²) in [7, 11) is 1.57. The molecule has 0 aliphatic carbocycles. The number of hydrogen-bond donors (Lipinski definition) is 2. The van der Waals surface area contributed by atoms with E-state index in [0.717, 1.165) is 0 Å². The van der Waals surface area contributed by atoms with Crippen LogP contribution in [0.15, 0.2) is 0 Å². The van der Waals surface area contributed by atoms with Gasteiger partial charge < -0.3 is 24.4 Å². The van der Waals surface area contributed by atoms with E-state index in [4.69, 9.17) is 24.4 Å². The highest BCUT2D eigenvalue weighted by molar-refractivity contribution is 5.92. The molecule has 0 saturated heterocycles. The summed E-state index contributed by atoms with van der Waals surface area (Å²) >= 11 is 0. The number of carboxylic acids is 2. The number of carbonyl (C=O) groups is 2. The molecule has 0 aromatic rings. The molecule has 0 aromatic carbocycles. The van der Waals surface area contributed by atoms with Crippen LogP contribution in [0, 0.1) is 5.92 Å². The molecule has 0 saturated carbocycles. The molecule has 7 nitrogen and oxygen atoms in total. The molecular formula is C10H18O7. The van der Waals surface area contributed by atoms with Crippen molar-refractivity contribution in [2.24, 2.45) is 5.92 Å². The minimum Gasteiger partial charge on any atom is -0.481 e. The largest absolute Gasteiger partial charge is 0.481 e. The molecule has 0 radical (unpaired) electrons. The zero-order valence-electron chi connectivity index (χ0n) is 9.76. The van der Waals surface area contributed by atoms with E-state index in [1.54, 1.807) is 7.11 Å². The maximum absolute atomic E-state index is 10.5. The van der Waals surface area contributed by atoms with Gasteiger partial charge >= 0.3 is 11.9 Å². The van der Waals surface area contributed by atoms with Gasteiger partial charge in [-0.25, -0.2) is 0 Å². The number of rotatable bonds is 11. The van der Waals surface area contributed by atoms with Gasteiger partial charge in [0.1, 0.15) is 0 Å². The Labute approximate surface area is 99.3 Å². The van der Waals surface area contributed by atoms with Crippen LogP contribution in [0.1, 0.15) is 6.42 Å². The second-order valence-corrected chi connectivity index (χ2v) is 3.24. The minimum absolute atomic E-state index is 0.0528. The predicted molar refractivity (Wildman–Crippen MR) is 56.9 cm³/mol. The van der Waals surface area contributed by atoms with E-state index < -0.39 is 17.9 Å². The predicted octanol–water partition coefficient (Wildman–Crippen LogP) is -0.158. The molecule has 0 atom stereocenters. The Bertz CT molecular complexity index is 215. The topological polar surface area (TPSA) is 102 Å². The second kappa shape index (κ2) is 10.0. The third-order valence-electron chi connectivity index (χ3n) is 1.95. The van der Waals surface area contributed by atoms with Crippen molar-refractivity contribution in [3.8, 4) is 0 Å². The summed E-state index contributed by atoms with van der Waals surface area (Å²) in [4.78, 5) is 21.0. The fourth-order valence-corrected chi connectivity index (χ4v) is 1.02. The van der Waals surface area contributed by atoms with Crippen molar-refractivity contribution in [3.05, 3.63) is 0 Å². The van der Waals surface area contributed by atoms with Gasteiger partial charge in [0.05, 0.1) is 26.4 Å². The number of carboxylic acid groups (broad SMARTS) is 2. The quantitative estimate of drug-likeness (QED) is 0.388. The van der Waals surface area contributed by atoms with Gasteiger partial charge in [-0.15, -0.1) is 0 Å². The van der Waals surface area contributed by atoms with Crippen molar-refractivity contribution < 1.29 is 34.0 Å². The van der Waals surface area contributed by atoms with E-state index in [1.165, 1.54) is 0 Å². The molecule has 100 valence electrons. The van der Waals surface area contributed by atoms with Gasteiger partial charge in [0, 0.05) is 13.7 Å². The molecule has 0 rings (SSSR count). The number of aliphatic carboxylic acids is 2. The van der Waals surface area contributed by atoms with Gasteiger partial charge in [0.15, 0.2) is 5.92 Å². The standard InChI is InChI=1S/C10H18O7/c1-15-4-5-17-7-6-16-3-2-8(9(11)12)10(13)14/h8H,2-7H2,1H3,(H,11,12)(H,13,14). The molecule has 0 fully saturated rings. The van der Waals surface area contributed by atoms with E-state index in [1.807, 2.05) is 0 Å². The Morgan fingerprint density at radius 2 is 1.41 bits per heavy atom. The summed E-state index contributed by atoms with van der Waals surface area (Å²) in [5, 5.41) is 17.1. The molecular weight excluding hydrogens is 232 g/mol. The third-order valence-corrected chi connectivity index (χ3v) is 1.95. The van der Waals surface area contributed by atoms with Gasteiger partial charge in [0.25, 0.3) is 0 Å². The molecule has 0 spiro atoms. The summed E-state index contributed by atoms with van der Waals surface area (Å²) in [6, 6.07) is 0. The molecule has 17 heavy (non-hydrogen) atoms. The maximum atomic E-state index is 10.5. The summed E-state index contributed by atoms with van der Waals surface area (Å²) in [5.74, 6) is -4.11. The first-order valence-electron chi connectivity index (χ1n) is 5.19. The van der Waals surface area contributed by atoms with Crippen molar-refractivity contribution in [1.29, 1.82) is 0 Å². The number of hydrogen-bond acceptors (Lipinski definition) is 5. The monoisotopic (exact) mass is 250 g/mol. The van der Waals surface area contributed by atoms with E-state index in [9.17, 15) is 9.59 Å². The zero-order valence-corrected chi connectivity index (χ0v) is 9.76. The van der Waals surface area contributed by atoms with Crippen LogP contribution < -0.4 is 0 Å². The lowest BCUT2D eigenvalue weighted by molar-refractivity contribution is -0.155. The number of methoxy groups -OCH3 is 1. The molecule has 0 unspecified atom stereocenters. The Balaban J connectivity index is 3.43. The highest BCUT2D eigenvalue weighted by Gasteiger charge is 2.24.